The third kappa shape index (κ3) is 4.37. The van der Waals surface area contributed by atoms with Gasteiger partial charge in [-0.25, -0.2) is 4.79 Å². The van der Waals surface area contributed by atoms with Crippen LogP contribution in [0.2, 0.25) is 0 Å². The van der Waals surface area contributed by atoms with E-state index in [-0.39, 0.29) is 36.7 Å². The zero-order valence-electron chi connectivity index (χ0n) is 19.1. The van der Waals surface area contributed by atoms with Gasteiger partial charge in [-0.1, -0.05) is 53.7 Å². The van der Waals surface area contributed by atoms with Crippen molar-refractivity contribution in [3.63, 3.8) is 0 Å². The highest BCUT2D eigenvalue weighted by Crippen LogP contribution is 2.44. The van der Waals surface area contributed by atoms with Crippen LogP contribution in [0.15, 0.2) is 59.1 Å². The fourth-order valence-corrected chi connectivity index (χ4v) is 4.76. The Labute approximate surface area is 201 Å². The van der Waals surface area contributed by atoms with Gasteiger partial charge in [0, 0.05) is 25.1 Å². The number of rotatable bonds is 7. The van der Waals surface area contributed by atoms with Crippen LogP contribution in [0.25, 0.3) is 11.1 Å². The minimum atomic E-state index is -0.842. The van der Waals surface area contributed by atoms with Crippen molar-refractivity contribution < 1.29 is 28.8 Å². The largest absolute Gasteiger partial charge is 0.481 e. The number of hydrogen-bond donors (Lipinski definition) is 2. The lowest BCUT2D eigenvalue weighted by Gasteiger charge is -2.38. The van der Waals surface area contributed by atoms with Gasteiger partial charge in [-0.3, -0.25) is 9.59 Å². The van der Waals surface area contributed by atoms with Gasteiger partial charge in [0.05, 0.1) is 12.5 Å². The van der Waals surface area contributed by atoms with E-state index in [2.05, 4.69) is 34.7 Å². The van der Waals surface area contributed by atoms with Gasteiger partial charge in [0.2, 0.25) is 0 Å². The Balaban J connectivity index is 1.13. The van der Waals surface area contributed by atoms with E-state index in [4.69, 9.17) is 14.4 Å². The molecule has 2 aromatic carbocycles. The standard InChI is InChI=1S/C26H25N3O6/c1-29(16-10-15(11-16)25(31)32)24(30)23-12-17(35-28-23)13-27-26(33)34-14-22-20-8-4-2-6-18(20)19-7-3-5-9-21(19)22/h2-9,12,15-16,22H,10-11,13-14H2,1H3,(H,27,33)(H,31,32). The number of carboxylic acids is 1. The van der Waals surface area contributed by atoms with Gasteiger partial charge in [0.1, 0.15) is 6.61 Å². The van der Waals surface area contributed by atoms with Gasteiger partial charge >= 0.3 is 12.1 Å². The summed E-state index contributed by atoms with van der Waals surface area (Å²) in [5.74, 6) is -1.33. The fraction of sp³-hybridized carbons (Fsp3) is 0.308. The Morgan fingerprint density at radius 1 is 1.09 bits per heavy atom. The second-order valence-corrected chi connectivity index (χ2v) is 8.93. The zero-order chi connectivity index (χ0) is 24.5. The molecule has 2 amide bonds. The number of aliphatic carboxylic acids is 1. The molecule has 1 saturated carbocycles. The van der Waals surface area contributed by atoms with Crippen LogP contribution in [0.5, 0.6) is 0 Å². The second kappa shape index (κ2) is 9.25. The molecule has 9 heteroatoms. The van der Waals surface area contributed by atoms with Crippen LogP contribution in [0, 0.1) is 5.92 Å². The molecule has 9 nitrogen and oxygen atoms in total. The van der Waals surface area contributed by atoms with Crippen molar-refractivity contribution >= 4 is 18.0 Å². The predicted molar refractivity (Wildman–Crippen MR) is 125 cm³/mol. The lowest BCUT2D eigenvalue weighted by molar-refractivity contribution is -0.146. The molecule has 5 rings (SSSR count). The summed E-state index contributed by atoms with van der Waals surface area (Å²) in [4.78, 5) is 37.4. The summed E-state index contributed by atoms with van der Waals surface area (Å²) in [5, 5.41) is 15.4. The van der Waals surface area contributed by atoms with E-state index in [1.807, 2.05) is 24.3 Å². The number of aromatic nitrogens is 1. The molecular weight excluding hydrogens is 450 g/mol. The normalized spacial score (nSPS) is 18.2. The maximum absolute atomic E-state index is 12.6. The molecule has 3 aromatic rings. The van der Waals surface area contributed by atoms with Gasteiger partial charge in [-0.15, -0.1) is 0 Å². The summed E-state index contributed by atoms with van der Waals surface area (Å²) in [6.07, 6.45) is 0.250. The highest BCUT2D eigenvalue weighted by atomic mass is 16.5. The Bertz CT molecular complexity index is 1230. The number of fused-ring (bicyclic) bond motifs is 3. The molecule has 180 valence electrons. The summed E-state index contributed by atoms with van der Waals surface area (Å²) in [7, 11) is 1.62. The molecule has 2 aliphatic rings. The first-order chi connectivity index (χ1) is 16.9. The van der Waals surface area contributed by atoms with E-state index in [0.717, 1.165) is 22.3 Å². The molecule has 1 fully saturated rings. The number of amides is 2. The maximum Gasteiger partial charge on any atom is 0.407 e. The van der Waals surface area contributed by atoms with Crippen LogP contribution in [-0.2, 0) is 16.1 Å². The van der Waals surface area contributed by atoms with Crippen LogP contribution in [0.1, 0.15) is 46.1 Å². The number of alkyl carbamates (subject to hydrolysis) is 1. The van der Waals surface area contributed by atoms with Crippen molar-refractivity contribution in [3.05, 3.63) is 77.2 Å². The highest BCUT2D eigenvalue weighted by Gasteiger charge is 2.39. The summed E-state index contributed by atoms with van der Waals surface area (Å²) in [6, 6.07) is 17.5. The number of ether oxygens (including phenoxy) is 1. The second-order valence-electron chi connectivity index (χ2n) is 8.93. The number of nitrogens with zero attached hydrogens (tertiary/aromatic N) is 2. The van der Waals surface area contributed by atoms with Gasteiger partial charge in [-0.2, -0.15) is 0 Å². The van der Waals surface area contributed by atoms with E-state index in [1.165, 1.54) is 11.0 Å². The van der Waals surface area contributed by atoms with Crippen LogP contribution >= 0.6 is 0 Å². The number of carbonyl (C=O) groups is 3. The molecule has 0 radical (unpaired) electrons. The molecule has 1 heterocycles. The minimum absolute atomic E-state index is 0.0190. The highest BCUT2D eigenvalue weighted by molar-refractivity contribution is 5.92. The van der Waals surface area contributed by atoms with E-state index in [9.17, 15) is 14.4 Å². The average Bonchev–Trinajstić information content (AvgIpc) is 3.42. The molecule has 0 bridgehead atoms. The minimum Gasteiger partial charge on any atom is -0.481 e. The third-order valence-corrected chi connectivity index (χ3v) is 6.86. The third-order valence-electron chi connectivity index (χ3n) is 6.86. The first-order valence-corrected chi connectivity index (χ1v) is 11.5. The van der Waals surface area contributed by atoms with Gasteiger partial charge < -0.3 is 24.6 Å². The molecule has 1 aromatic heterocycles. The number of nitrogens with one attached hydrogen (secondary N) is 1. The summed E-state index contributed by atoms with van der Waals surface area (Å²) in [6.45, 7) is 0.217. The van der Waals surface area contributed by atoms with Crippen molar-refractivity contribution in [1.29, 1.82) is 0 Å². The Morgan fingerprint density at radius 2 is 1.71 bits per heavy atom. The number of hydrogen-bond acceptors (Lipinski definition) is 6. The Kier molecular flexibility index (Phi) is 5.98. The lowest BCUT2D eigenvalue weighted by atomic mass is 9.79. The molecule has 0 spiro atoms. The summed E-state index contributed by atoms with van der Waals surface area (Å²) in [5.41, 5.74) is 4.67. The van der Waals surface area contributed by atoms with Crippen LogP contribution in [-0.4, -0.2) is 52.8 Å². The van der Waals surface area contributed by atoms with Crippen LogP contribution in [0.4, 0.5) is 4.79 Å². The first-order valence-electron chi connectivity index (χ1n) is 11.5. The maximum atomic E-state index is 12.6. The fourth-order valence-electron chi connectivity index (χ4n) is 4.76. The quantitative estimate of drug-likeness (QED) is 0.535. The molecule has 35 heavy (non-hydrogen) atoms. The van der Waals surface area contributed by atoms with Crippen molar-refractivity contribution in [3.8, 4) is 11.1 Å². The first kappa shape index (κ1) is 22.6. The van der Waals surface area contributed by atoms with Crippen LogP contribution in [0.3, 0.4) is 0 Å². The van der Waals surface area contributed by atoms with Crippen molar-refractivity contribution in [1.82, 2.24) is 15.4 Å². The summed E-state index contributed by atoms with van der Waals surface area (Å²) >= 11 is 0. The molecule has 2 aliphatic carbocycles. The molecule has 0 atom stereocenters. The topological polar surface area (TPSA) is 122 Å². The Hall–Kier alpha value is -4.14. The SMILES string of the molecule is CN(C(=O)c1cc(CNC(=O)OCC2c3ccccc3-c3ccccc32)on1)C1CC(C(=O)O)C1. The van der Waals surface area contributed by atoms with Crippen molar-refractivity contribution in [2.45, 2.75) is 31.3 Å². The van der Waals surface area contributed by atoms with Crippen LogP contribution < -0.4 is 5.32 Å². The zero-order valence-corrected chi connectivity index (χ0v) is 19.1. The Morgan fingerprint density at radius 3 is 2.34 bits per heavy atom. The molecule has 2 N–H and O–H groups in total. The average molecular weight is 476 g/mol. The van der Waals surface area contributed by atoms with E-state index in [0.29, 0.717) is 18.6 Å². The monoisotopic (exact) mass is 475 g/mol. The van der Waals surface area contributed by atoms with Gasteiger partial charge in [-0.05, 0) is 35.1 Å². The predicted octanol–water partition coefficient (Wildman–Crippen LogP) is 3.65. The van der Waals surface area contributed by atoms with Crippen molar-refractivity contribution in [2.75, 3.05) is 13.7 Å². The van der Waals surface area contributed by atoms with E-state index < -0.39 is 18.0 Å². The van der Waals surface area contributed by atoms with Crippen molar-refractivity contribution in [2.24, 2.45) is 5.92 Å². The smallest absolute Gasteiger partial charge is 0.407 e. The molecule has 0 aliphatic heterocycles. The molecule has 0 unspecified atom stereocenters. The van der Waals surface area contributed by atoms with Gasteiger partial charge in [0.15, 0.2) is 11.5 Å². The number of carbonyl (C=O) groups excluding carboxylic acids is 2. The summed E-state index contributed by atoms with van der Waals surface area (Å²) < 4.78 is 10.7. The number of benzene rings is 2. The lowest BCUT2D eigenvalue weighted by Crippen LogP contribution is -2.47. The van der Waals surface area contributed by atoms with E-state index in [1.54, 1.807) is 7.05 Å². The molecule has 0 saturated heterocycles. The van der Waals surface area contributed by atoms with E-state index >= 15 is 0 Å². The molecular formula is C26H25N3O6. The van der Waals surface area contributed by atoms with Gasteiger partial charge in [0.25, 0.3) is 5.91 Å². The number of carboxylic acid groups (broad SMARTS) is 1.